The van der Waals surface area contributed by atoms with Crippen LogP contribution >= 0.6 is 11.6 Å². The summed E-state index contributed by atoms with van der Waals surface area (Å²) in [5.41, 5.74) is 0. The minimum Gasteiger partial charge on any atom is -0.378 e. The lowest BCUT2D eigenvalue weighted by atomic mass is 10.1. The van der Waals surface area contributed by atoms with Crippen LogP contribution in [-0.2, 0) is 14.8 Å². The predicted octanol–water partition coefficient (Wildman–Crippen LogP) is 1.97. The average Bonchev–Trinajstić information content (AvgIpc) is 2.48. The molecular weight excluding hydrogens is 314 g/mol. The van der Waals surface area contributed by atoms with Gasteiger partial charge in [-0.3, -0.25) is 0 Å². The second-order valence-electron chi connectivity index (χ2n) is 4.81. The summed E-state index contributed by atoms with van der Waals surface area (Å²) in [4.78, 5) is 4.15. The van der Waals surface area contributed by atoms with Crippen molar-refractivity contribution in [1.82, 2.24) is 9.29 Å². The molecule has 1 aliphatic heterocycles. The van der Waals surface area contributed by atoms with Crippen molar-refractivity contribution in [2.24, 2.45) is 0 Å². The van der Waals surface area contributed by atoms with Crippen LogP contribution in [0, 0.1) is 0 Å². The molecule has 0 radical (unpaired) electrons. The Hall–Kier alpha value is -0.890. The van der Waals surface area contributed by atoms with E-state index in [1.54, 1.807) is 7.05 Å². The molecule has 1 N–H and O–H groups in total. The smallest absolute Gasteiger partial charge is 0.244 e. The highest BCUT2D eigenvalue weighted by molar-refractivity contribution is 7.89. The van der Waals surface area contributed by atoms with Gasteiger partial charge in [0.05, 0.1) is 11.1 Å². The lowest BCUT2D eigenvalue weighted by molar-refractivity contribution is 0.0290. The van der Waals surface area contributed by atoms with Crippen LogP contribution in [0.25, 0.3) is 0 Å². The minimum atomic E-state index is -3.54. The van der Waals surface area contributed by atoms with Gasteiger partial charge in [-0.15, -0.1) is 0 Å². The average molecular weight is 334 g/mol. The summed E-state index contributed by atoms with van der Waals surface area (Å²) in [5.74, 6) is 0.464. The van der Waals surface area contributed by atoms with Crippen LogP contribution in [0.4, 0.5) is 5.82 Å². The molecule has 1 fully saturated rings. The van der Waals surface area contributed by atoms with E-state index >= 15 is 0 Å². The molecule has 0 aliphatic carbocycles. The fourth-order valence-corrected chi connectivity index (χ4v) is 4.14. The van der Waals surface area contributed by atoms with E-state index in [-0.39, 0.29) is 11.0 Å². The van der Waals surface area contributed by atoms with Crippen molar-refractivity contribution >= 4 is 27.4 Å². The second kappa shape index (κ2) is 6.91. The Morgan fingerprint density at radius 2 is 2.14 bits per heavy atom. The molecule has 21 heavy (non-hydrogen) atoms. The van der Waals surface area contributed by atoms with E-state index in [4.69, 9.17) is 16.3 Å². The molecule has 0 aromatic carbocycles. The van der Waals surface area contributed by atoms with Crippen molar-refractivity contribution in [3.05, 3.63) is 17.3 Å². The molecule has 1 aromatic rings. The highest BCUT2D eigenvalue weighted by Crippen LogP contribution is 2.26. The summed E-state index contributed by atoms with van der Waals surface area (Å²) >= 11 is 6.01. The van der Waals surface area contributed by atoms with Crippen LogP contribution in [-0.4, -0.2) is 50.6 Å². The van der Waals surface area contributed by atoms with Crippen molar-refractivity contribution in [1.29, 1.82) is 0 Å². The van der Waals surface area contributed by atoms with Gasteiger partial charge in [0.25, 0.3) is 0 Å². The van der Waals surface area contributed by atoms with E-state index in [0.29, 0.717) is 43.4 Å². The number of piperidine rings is 1. The minimum absolute atomic E-state index is 0.126. The van der Waals surface area contributed by atoms with E-state index < -0.39 is 10.0 Å². The quantitative estimate of drug-likeness (QED) is 0.892. The van der Waals surface area contributed by atoms with Gasteiger partial charge in [0.2, 0.25) is 10.0 Å². The van der Waals surface area contributed by atoms with Crippen LogP contribution in [0.1, 0.15) is 19.8 Å². The summed E-state index contributed by atoms with van der Waals surface area (Å²) in [5, 5.41) is 3.10. The Kier molecular flexibility index (Phi) is 5.43. The third kappa shape index (κ3) is 3.66. The molecule has 0 unspecified atom stereocenters. The van der Waals surface area contributed by atoms with Gasteiger partial charge in [-0.2, -0.15) is 4.31 Å². The van der Waals surface area contributed by atoms with Crippen LogP contribution in [0.3, 0.4) is 0 Å². The molecule has 1 saturated heterocycles. The number of nitrogens with zero attached hydrogens (tertiary/aromatic N) is 2. The zero-order valence-electron chi connectivity index (χ0n) is 12.2. The van der Waals surface area contributed by atoms with Crippen molar-refractivity contribution in [3.63, 3.8) is 0 Å². The number of aromatic nitrogens is 1. The van der Waals surface area contributed by atoms with E-state index in [1.807, 2.05) is 6.92 Å². The first-order valence-corrected chi connectivity index (χ1v) is 8.76. The van der Waals surface area contributed by atoms with Gasteiger partial charge in [0.1, 0.15) is 10.7 Å². The molecule has 2 rings (SSSR count). The van der Waals surface area contributed by atoms with Gasteiger partial charge in [0, 0.05) is 32.9 Å². The Balaban J connectivity index is 2.14. The first-order valence-electron chi connectivity index (χ1n) is 6.94. The first-order chi connectivity index (χ1) is 9.98. The third-order valence-corrected chi connectivity index (χ3v) is 5.65. The van der Waals surface area contributed by atoms with Gasteiger partial charge in [-0.1, -0.05) is 11.6 Å². The van der Waals surface area contributed by atoms with E-state index in [2.05, 4.69) is 10.3 Å². The Bertz CT molecular complexity index is 586. The number of hydrogen-bond acceptors (Lipinski definition) is 5. The highest BCUT2D eigenvalue weighted by atomic mass is 35.5. The van der Waals surface area contributed by atoms with Gasteiger partial charge < -0.3 is 10.1 Å². The zero-order chi connectivity index (χ0) is 15.5. The zero-order valence-corrected chi connectivity index (χ0v) is 13.7. The Morgan fingerprint density at radius 3 is 2.67 bits per heavy atom. The maximum Gasteiger partial charge on any atom is 0.244 e. The number of sulfonamides is 1. The number of ether oxygens (including phenoxy) is 1. The third-order valence-electron chi connectivity index (χ3n) is 3.49. The largest absolute Gasteiger partial charge is 0.378 e. The highest BCUT2D eigenvalue weighted by Gasteiger charge is 2.30. The van der Waals surface area contributed by atoms with Crippen molar-refractivity contribution in [3.8, 4) is 0 Å². The molecule has 0 bridgehead atoms. The summed E-state index contributed by atoms with van der Waals surface area (Å²) in [6.07, 6.45) is 2.91. The number of pyridine rings is 1. The van der Waals surface area contributed by atoms with Gasteiger partial charge in [-0.25, -0.2) is 13.4 Å². The number of rotatable bonds is 5. The maximum absolute atomic E-state index is 12.6. The molecule has 118 valence electrons. The fraction of sp³-hybridized carbons (Fsp3) is 0.615. The number of nitrogens with one attached hydrogen (secondary N) is 1. The topological polar surface area (TPSA) is 71.5 Å². The summed E-state index contributed by atoms with van der Waals surface area (Å²) in [6.45, 7) is 3.51. The molecule has 0 saturated carbocycles. The molecule has 0 amide bonds. The van der Waals surface area contributed by atoms with E-state index in [9.17, 15) is 8.42 Å². The van der Waals surface area contributed by atoms with Crippen LogP contribution in [0.15, 0.2) is 17.2 Å². The van der Waals surface area contributed by atoms with Crippen molar-refractivity contribution in [2.75, 3.05) is 32.1 Å². The van der Waals surface area contributed by atoms with Gasteiger partial charge in [-0.05, 0) is 25.8 Å². The van der Waals surface area contributed by atoms with E-state index in [1.165, 1.54) is 16.6 Å². The molecule has 1 aromatic heterocycles. The predicted molar refractivity (Wildman–Crippen MR) is 82.2 cm³/mol. The normalized spacial score (nSPS) is 17.9. The standard InChI is InChI=1S/C13H20ClN3O3S/c1-3-20-10-4-6-17(7-5-10)21(18,19)11-8-12(14)13(15-2)16-9-11/h8-10H,3-7H2,1-2H3,(H,15,16). The number of anilines is 1. The molecule has 2 heterocycles. The molecular formula is C13H20ClN3O3S. The Labute approximate surface area is 130 Å². The van der Waals surface area contributed by atoms with Gasteiger partial charge in [0.15, 0.2) is 0 Å². The Morgan fingerprint density at radius 1 is 1.48 bits per heavy atom. The SMILES string of the molecule is CCOC1CCN(S(=O)(=O)c2cnc(NC)c(Cl)c2)CC1. The lowest BCUT2D eigenvalue weighted by Gasteiger charge is -2.30. The maximum atomic E-state index is 12.6. The summed E-state index contributed by atoms with van der Waals surface area (Å²) in [7, 11) is -1.86. The van der Waals surface area contributed by atoms with Crippen molar-refractivity contribution < 1.29 is 13.2 Å². The van der Waals surface area contributed by atoms with Crippen LogP contribution in [0.2, 0.25) is 5.02 Å². The van der Waals surface area contributed by atoms with Crippen LogP contribution < -0.4 is 5.32 Å². The second-order valence-corrected chi connectivity index (χ2v) is 7.16. The van der Waals surface area contributed by atoms with Gasteiger partial charge >= 0.3 is 0 Å². The molecule has 0 atom stereocenters. The summed E-state index contributed by atoms with van der Waals surface area (Å²) in [6, 6.07) is 1.43. The molecule has 0 spiro atoms. The molecule has 8 heteroatoms. The van der Waals surface area contributed by atoms with Crippen LogP contribution in [0.5, 0.6) is 0 Å². The van der Waals surface area contributed by atoms with Crippen molar-refractivity contribution in [2.45, 2.75) is 30.8 Å². The molecule has 6 nitrogen and oxygen atoms in total. The molecule has 1 aliphatic rings. The summed E-state index contributed by atoms with van der Waals surface area (Å²) < 4.78 is 32.1. The lowest BCUT2D eigenvalue weighted by Crippen LogP contribution is -2.40. The monoisotopic (exact) mass is 333 g/mol. The number of halogens is 1. The fourth-order valence-electron chi connectivity index (χ4n) is 2.37. The number of hydrogen-bond donors (Lipinski definition) is 1. The van der Waals surface area contributed by atoms with E-state index in [0.717, 1.165) is 0 Å². The first kappa shape index (κ1) is 16.5.